The minimum absolute atomic E-state index is 0.0681. The van der Waals surface area contributed by atoms with Crippen LogP contribution in [0.4, 0.5) is 0 Å². The van der Waals surface area contributed by atoms with E-state index in [1.54, 1.807) is 60.3 Å². The third kappa shape index (κ3) is 4.22. The molecule has 0 aliphatic rings. The molecule has 0 radical (unpaired) electrons. The van der Waals surface area contributed by atoms with Crippen molar-refractivity contribution < 1.29 is 16.8 Å². The van der Waals surface area contributed by atoms with Crippen molar-refractivity contribution in [3.63, 3.8) is 0 Å². The maximum atomic E-state index is 13.2. The second-order valence-corrected chi connectivity index (χ2v) is 10.8. The van der Waals surface area contributed by atoms with Gasteiger partial charge in [0.25, 0.3) is 0 Å². The second kappa shape index (κ2) is 8.34. The standard InChI is InChI=1S/C21H18O4S3/c1-26-18-14-12-17(13-15-18)16-21(27(22,23)19-8-4-2-5-9-19)28(24,25)20-10-6-3-7-11-20/h2-16H,1H3. The average molecular weight is 431 g/mol. The van der Waals surface area contributed by atoms with Crippen LogP contribution in [0.1, 0.15) is 5.56 Å². The lowest BCUT2D eigenvalue weighted by atomic mass is 10.2. The summed E-state index contributed by atoms with van der Waals surface area (Å²) in [7, 11) is -8.51. The molecule has 0 saturated heterocycles. The highest BCUT2D eigenvalue weighted by atomic mass is 32.3. The molecule has 0 N–H and O–H groups in total. The Morgan fingerprint density at radius 3 is 1.50 bits per heavy atom. The van der Waals surface area contributed by atoms with E-state index < -0.39 is 23.9 Å². The van der Waals surface area contributed by atoms with Crippen LogP contribution in [0, 0.1) is 0 Å². The second-order valence-electron chi connectivity index (χ2n) is 5.87. The number of benzene rings is 3. The Morgan fingerprint density at radius 2 is 1.11 bits per heavy atom. The number of hydrogen-bond acceptors (Lipinski definition) is 5. The molecule has 28 heavy (non-hydrogen) atoms. The summed E-state index contributed by atoms with van der Waals surface area (Å²) in [5, 5.41) is 0. The SMILES string of the molecule is CSc1ccc(C=C(S(=O)(=O)c2ccccc2)S(=O)(=O)c2ccccc2)cc1. The number of hydrogen-bond donors (Lipinski definition) is 0. The molecule has 3 rings (SSSR count). The van der Waals surface area contributed by atoms with E-state index in [2.05, 4.69) is 0 Å². The Bertz CT molecular complexity index is 1110. The van der Waals surface area contributed by atoms with Crippen LogP contribution in [-0.4, -0.2) is 23.1 Å². The maximum Gasteiger partial charge on any atom is 0.217 e. The first kappa shape index (κ1) is 20.4. The van der Waals surface area contributed by atoms with E-state index in [0.29, 0.717) is 5.56 Å². The van der Waals surface area contributed by atoms with Crippen LogP contribution >= 0.6 is 11.8 Å². The van der Waals surface area contributed by atoms with Crippen LogP contribution in [0.15, 0.2) is 104 Å². The lowest BCUT2D eigenvalue weighted by Gasteiger charge is -2.11. The number of rotatable bonds is 6. The fourth-order valence-corrected chi connectivity index (χ4v) is 6.79. The van der Waals surface area contributed by atoms with Gasteiger partial charge in [0.15, 0.2) is 4.24 Å². The van der Waals surface area contributed by atoms with Crippen LogP contribution in [-0.2, 0) is 19.7 Å². The first-order valence-corrected chi connectivity index (χ1v) is 12.5. The van der Waals surface area contributed by atoms with Crippen molar-refractivity contribution in [3.05, 3.63) is 94.7 Å². The number of sulfone groups is 2. The first-order valence-electron chi connectivity index (χ1n) is 8.32. The highest BCUT2D eigenvalue weighted by molar-refractivity contribution is 8.14. The van der Waals surface area contributed by atoms with Gasteiger partial charge in [-0.1, -0.05) is 48.5 Å². The van der Waals surface area contributed by atoms with Gasteiger partial charge in [-0.2, -0.15) is 0 Å². The molecule has 0 aliphatic carbocycles. The fraction of sp³-hybridized carbons (Fsp3) is 0.0476. The van der Waals surface area contributed by atoms with E-state index in [9.17, 15) is 16.8 Å². The molecule has 0 atom stereocenters. The van der Waals surface area contributed by atoms with E-state index in [1.807, 2.05) is 18.4 Å². The van der Waals surface area contributed by atoms with E-state index in [0.717, 1.165) is 4.90 Å². The summed E-state index contributed by atoms with van der Waals surface area (Å²) in [6, 6.07) is 22.2. The molecule has 0 bridgehead atoms. The van der Waals surface area contributed by atoms with Crippen LogP contribution in [0.5, 0.6) is 0 Å². The average Bonchev–Trinajstić information content (AvgIpc) is 2.73. The summed E-state index contributed by atoms with van der Waals surface area (Å²) in [4.78, 5) is 0.860. The van der Waals surface area contributed by atoms with Crippen molar-refractivity contribution in [3.8, 4) is 0 Å². The highest BCUT2D eigenvalue weighted by Gasteiger charge is 2.33. The van der Waals surface area contributed by atoms with Crippen LogP contribution < -0.4 is 0 Å². The van der Waals surface area contributed by atoms with Gasteiger partial charge in [0.1, 0.15) is 0 Å². The normalized spacial score (nSPS) is 11.8. The van der Waals surface area contributed by atoms with Gasteiger partial charge in [0.05, 0.1) is 9.79 Å². The van der Waals surface area contributed by atoms with Crippen molar-refractivity contribution in [1.29, 1.82) is 0 Å². The van der Waals surface area contributed by atoms with Crippen molar-refractivity contribution in [2.45, 2.75) is 14.7 Å². The molecule has 4 nitrogen and oxygen atoms in total. The first-order chi connectivity index (χ1) is 13.4. The Hall–Kier alpha value is -2.35. The van der Waals surface area contributed by atoms with Gasteiger partial charge >= 0.3 is 0 Å². The summed E-state index contributed by atoms with van der Waals surface area (Å²) < 4.78 is 52.3. The monoisotopic (exact) mass is 430 g/mol. The van der Waals surface area contributed by atoms with Crippen LogP contribution in [0.25, 0.3) is 6.08 Å². The quantitative estimate of drug-likeness (QED) is 0.532. The Kier molecular flexibility index (Phi) is 6.07. The predicted octanol–water partition coefficient (Wildman–Crippen LogP) is 4.65. The molecule has 3 aromatic carbocycles. The smallest absolute Gasteiger partial charge is 0.217 e. The lowest BCUT2D eigenvalue weighted by molar-refractivity contribution is 0.595. The molecule has 3 aromatic rings. The van der Waals surface area contributed by atoms with Crippen molar-refractivity contribution in [2.24, 2.45) is 0 Å². The minimum atomic E-state index is -4.25. The molecule has 0 spiro atoms. The fourth-order valence-electron chi connectivity index (χ4n) is 2.57. The van der Waals surface area contributed by atoms with E-state index in [1.165, 1.54) is 30.3 Å². The Balaban J connectivity index is 2.24. The molecular formula is C21H18O4S3. The molecule has 0 amide bonds. The topological polar surface area (TPSA) is 68.3 Å². The summed E-state index contributed by atoms with van der Waals surface area (Å²) in [5.74, 6) is 0. The van der Waals surface area contributed by atoms with E-state index in [4.69, 9.17) is 0 Å². The van der Waals surface area contributed by atoms with E-state index in [-0.39, 0.29) is 9.79 Å². The Labute approximate surface area is 169 Å². The predicted molar refractivity (Wildman–Crippen MR) is 113 cm³/mol. The maximum absolute atomic E-state index is 13.2. The summed E-state index contributed by atoms with van der Waals surface area (Å²) in [6.07, 6.45) is 3.14. The molecule has 7 heteroatoms. The van der Waals surface area contributed by atoms with Gasteiger partial charge in [-0.25, -0.2) is 16.8 Å². The van der Waals surface area contributed by atoms with Gasteiger partial charge in [-0.3, -0.25) is 0 Å². The van der Waals surface area contributed by atoms with E-state index >= 15 is 0 Å². The van der Waals surface area contributed by atoms with Gasteiger partial charge in [-0.05, 0) is 54.3 Å². The van der Waals surface area contributed by atoms with Gasteiger partial charge < -0.3 is 0 Å². The van der Waals surface area contributed by atoms with Crippen molar-refractivity contribution >= 4 is 37.5 Å². The van der Waals surface area contributed by atoms with Crippen molar-refractivity contribution in [1.82, 2.24) is 0 Å². The molecule has 0 aliphatic heterocycles. The third-order valence-corrected chi connectivity index (χ3v) is 9.18. The zero-order valence-corrected chi connectivity index (χ0v) is 17.5. The minimum Gasteiger partial charge on any atom is -0.218 e. The van der Waals surface area contributed by atoms with Crippen molar-refractivity contribution in [2.75, 3.05) is 6.26 Å². The van der Waals surface area contributed by atoms with Gasteiger partial charge in [-0.15, -0.1) is 11.8 Å². The highest BCUT2D eigenvalue weighted by Crippen LogP contribution is 2.31. The van der Waals surface area contributed by atoms with Crippen LogP contribution in [0.2, 0.25) is 0 Å². The molecule has 0 aromatic heterocycles. The summed E-state index contributed by atoms with van der Waals surface area (Å²) in [6.45, 7) is 0. The molecule has 144 valence electrons. The summed E-state index contributed by atoms with van der Waals surface area (Å²) in [5.41, 5.74) is 0.492. The molecule has 0 unspecified atom stereocenters. The molecule has 0 saturated carbocycles. The zero-order valence-electron chi connectivity index (χ0n) is 15.0. The molecule has 0 heterocycles. The Morgan fingerprint density at radius 1 is 0.679 bits per heavy atom. The van der Waals surface area contributed by atoms with Crippen LogP contribution in [0.3, 0.4) is 0 Å². The number of thioether (sulfide) groups is 1. The zero-order chi connectivity index (χ0) is 20.2. The summed E-state index contributed by atoms with van der Waals surface area (Å²) >= 11 is 1.54. The van der Waals surface area contributed by atoms with Gasteiger partial charge in [0, 0.05) is 4.90 Å². The molecule has 0 fully saturated rings. The third-order valence-electron chi connectivity index (χ3n) is 4.04. The molecular weight excluding hydrogens is 412 g/mol. The lowest BCUT2D eigenvalue weighted by Crippen LogP contribution is -2.15. The van der Waals surface area contributed by atoms with Gasteiger partial charge in [0.2, 0.25) is 19.7 Å². The largest absolute Gasteiger partial charge is 0.218 e.